The Balaban J connectivity index is 0.00000123. The molecule has 0 bridgehead atoms. The average molecular weight is 1050 g/mol. The first-order valence-electron chi connectivity index (χ1n) is 26.9. The van der Waals surface area contributed by atoms with Crippen molar-refractivity contribution in [3.63, 3.8) is 0 Å². The maximum atomic E-state index is 13.7. The van der Waals surface area contributed by atoms with Gasteiger partial charge in [-0.25, -0.2) is 9.78 Å². The molecule has 3 aliphatic rings. The van der Waals surface area contributed by atoms with Crippen molar-refractivity contribution in [1.29, 1.82) is 0 Å². The van der Waals surface area contributed by atoms with E-state index >= 15 is 0 Å². The van der Waals surface area contributed by atoms with Crippen molar-refractivity contribution in [2.24, 2.45) is 34.8 Å². The van der Waals surface area contributed by atoms with Gasteiger partial charge in [0, 0.05) is 22.4 Å². The molecule has 4 heterocycles. The van der Waals surface area contributed by atoms with Gasteiger partial charge < -0.3 is 63.3 Å². The maximum absolute atomic E-state index is 13.7. The van der Waals surface area contributed by atoms with Crippen LogP contribution in [0, 0.1) is 11.8 Å². The van der Waals surface area contributed by atoms with E-state index in [0.29, 0.717) is 56.7 Å². The molecule has 0 saturated heterocycles. The summed E-state index contributed by atoms with van der Waals surface area (Å²) in [6.07, 6.45) is 7.03. The van der Waals surface area contributed by atoms with Crippen LogP contribution in [-0.2, 0) is 56.2 Å². The molecule has 75 heavy (non-hydrogen) atoms. The number of carboxylic acid groups (broad SMARTS) is 1. The minimum Gasteiger partial charge on any atom is -0.480 e. The average Bonchev–Trinajstić information content (AvgIpc) is 3.78. The Morgan fingerprint density at radius 1 is 0.747 bits per heavy atom. The monoisotopic (exact) mass is 1050 g/mol. The lowest BCUT2D eigenvalue weighted by Gasteiger charge is -2.30. The van der Waals surface area contributed by atoms with E-state index in [1.165, 1.54) is 25.7 Å². The second-order valence-electron chi connectivity index (χ2n) is 17.9. The number of nitrogens with one attached hydrogen (secondary N) is 4. The van der Waals surface area contributed by atoms with Crippen LogP contribution in [0.3, 0.4) is 0 Å². The van der Waals surface area contributed by atoms with Gasteiger partial charge in [-0.3, -0.25) is 33.6 Å². The van der Waals surface area contributed by atoms with Crippen molar-refractivity contribution >= 4 is 52.4 Å². The summed E-state index contributed by atoms with van der Waals surface area (Å²) in [5.74, 6) is -6.27. The molecule has 21 heteroatoms. The van der Waals surface area contributed by atoms with Gasteiger partial charge in [-0.15, -0.1) is 0 Å². The van der Waals surface area contributed by atoms with Gasteiger partial charge in [-0.05, 0) is 121 Å². The van der Waals surface area contributed by atoms with E-state index in [2.05, 4.69) is 35.1 Å². The molecule has 0 radical (unpaired) electrons. The number of amides is 4. The zero-order valence-corrected chi connectivity index (χ0v) is 45.1. The first-order chi connectivity index (χ1) is 36.2. The molecular weight excluding hydrogens is 965 g/mol. The van der Waals surface area contributed by atoms with Crippen LogP contribution >= 0.6 is 0 Å². The summed E-state index contributed by atoms with van der Waals surface area (Å²) in [5.41, 5.74) is 24.3. The van der Waals surface area contributed by atoms with Gasteiger partial charge in [0.15, 0.2) is 0 Å². The lowest BCUT2D eigenvalue weighted by atomic mass is 9.81. The van der Waals surface area contributed by atoms with Gasteiger partial charge in [-0.1, -0.05) is 72.6 Å². The highest BCUT2D eigenvalue weighted by molar-refractivity contribution is 5.93. The van der Waals surface area contributed by atoms with E-state index in [4.69, 9.17) is 42.5 Å². The second kappa shape index (κ2) is 35.8. The number of aliphatic carboxylic acids is 1. The second-order valence-corrected chi connectivity index (χ2v) is 17.9. The predicted molar refractivity (Wildman–Crippen MR) is 289 cm³/mol. The highest BCUT2D eigenvalue weighted by Gasteiger charge is 2.40. The molecule has 1 fully saturated rings. The molecule has 3 aromatic rings. The van der Waals surface area contributed by atoms with E-state index in [1.54, 1.807) is 10.6 Å². The van der Waals surface area contributed by atoms with E-state index in [0.717, 1.165) is 29.6 Å². The normalized spacial score (nSPS) is 16.5. The Labute approximate surface area is 441 Å². The number of nitrogens with zero attached hydrogens (tertiary/aromatic N) is 2. The van der Waals surface area contributed by atoms with Crippen molar-refractivity contribution in [2.45, 2.75) is 163 Å². The first-order valence-corrected chi connectivity index (χ1v) is 26.9. The zero-order chi connectivity index (χ0) is 55.9. The van der Waals surface area contributed by atoms with Crippen LogP contribution in [0.25, 0.3) is 22.3 Å². The lowest BCUT2D eigenvalue weighted by Crippen LogP contribution is -2.53. The highest BCUT2D eigenvalue weighted by Crippen LogP contribution is 2.38. The number of esters is 2. The van der Waals surface area contributed by atoms with Crippen molar-refractivity contribution in [3.05, 3.63) is 63.4 Å². The standard InChI is InChI=1S/C42H52N8O11.2C4H11N.2C2H6/c43-15-5-3-9-30(38(55)46-20-34(52)53)47-33(51)19-45-39(56)31(10-4-6-16-44)49-37(54)23-11-13-24(14-12-23)41(58)61-36-27-18-32-35-26(17-25-7-1-2-8-29(25)48-35)21-50(32)40(57)28(27)22-60-42(36)59;2*1-2-3-4-5;2*1-2/h1-2,7-8,17-18,23-24,30-31,36H,3-6,9-16,19-22,43-44H2,(H,45,56)(H,46,55)(H,47,51)(H,49,54)(H,52,53);2*2-5H2,1H3;2*1-2H3. The summed E-state index contributed by atoms with van der Waals surface area (Å²) in [4.78, 5) is 108. The maximum Gasteiger partial charge on any atom is 0.352 e. The number of pyridine rings is 2. The topological polar surface area (TPSA) is 345 Å². The number of benzene rings is 1. The molecule has 3 unspecified atom stereocenters. The molecule has 21 nitrogen and oxygen atoms in total. The number of unbranched alkanes of at least 4 members (excludes halogenated alkanes) is 4. The van der Waals surface area contributed by atoms with Crippen LogP contribution in [0.1, 0.15) is 154 Å². The van der Waals surface area contributed by atoms with Gasteiger partial charge in [-0.2, -0.15) is 0 Å². The first kappa shape index (κ1) is 64.8. The van der Waals surface area contributed by atoms with Crippen LogP contribution < -0.4 is 49.8 Å². The van der Waals surface area contributed by atoms with Gasteiger partial charge >= 0.3 is 17.9 Å². The van der Waals surface area contributed by atoms with Crippen molar-refractivity contribution in [3.8, 4) is 11.4 Å². The number of hydrogen-bond donors (Lipinski definition) is 9. The molecule has 4 amide bonds. The van der Waals surface area contributed by atoms with Crippen LogP contribution in [-0.4, -0.2) is 108 Å². The molecule has 1 saturated carbocycles. The number of ether oxygens (including phenoxy) is 2. The van der Waals surface area contributed by atoms with Crippen LogP contribution in [0.15, 0.2) is 41.2 Å². The molecule has 2 aromatic heterocycles. The van der Waals surface area contributed by atoms with Crippen molar-refractivity contribution in [1.82, 2.24) is 30.8 Å². The number of nitrogens with two attached hydrogens (primary N) is 4. The van der Waals surface area contributed by atoms with E-state index in [-0.39, 0.29) is 61.8 Å². The molecule has 0 spiro atoms. The van der Waals surface area contributed by atoms with Gasteiger partial charge in [0.25, 0.3) is 5.56 Å². The van der Waals surface area contributed by atoms with E-state index in [9.17, 15) is 38.4 Å². The minimum absolute atomic E-state index is 0.204. The smallest absolute Gasteiger partial charge is 0.352 e. The Hall–Kier alpha value is -6.29. The van der Waals surface area contributed by atoms with Gasteiger partial charge in [0.1, 0.15) is 25.2 Å². The summed E-state index contributed by atoms with van der Waals surface area (Å²) in [5, 5.41) is 19.9. The zero-order valence-electron chi connectivity index (χ0n) is 45.1. The molecule has 1 aliphatic carbocycles. The summed E-state index contributed by atoms with van der Waals surface area (Å²) in [6.45, 7) is 13.6. The molecular formula is C54H86N10O11. The Bertz CT molecular complexity index is 2340. The molecule has 6 rings (SSSR count). The summed E-state index contributed by atoms with van der Waals surface area (Å²) < 4.78 is 12.7. The number of fused-ring (bicyclic) bond motifs is 5. The number of carbonyl (C=O) groups is 7. The number of hydrogen-bond acceptors (Lipinski definition) is 15. The van der Waals surface area contributed by atoms with Gasteiger partial charge in [0.05, 0.1) is 41.5 Å². The van der Waals surface area contributed by atoms with Crippen LogP contribution in [0.5, 0.6) is 0 Å². The van der Waals surface area contributed by atoms with E-state index in [1.807, 2.05) is 58.0 Å². The number of aromatic nitrogens is 2. The fraction of sp³-hybridized carbons (Fsp3) is 0.611. The number of cyclic esters (lactones) is 1. The fourth-order valence-electron chi connectivity index (χ4n) is 8.42. The van der Waals surface area contributed by atoms with E-state index < -0.39 is 84.6 Å². The van der Waals surface area contributed by atoms with Crippen molar-refractivity contribution < 1.29 is 48.1 Å². The minimum atomic E-state index is -1.45. The highest BCUT2D eigenvalue weighted by atomic mass is 16.6. The Morgan fingerprint density at radius 3 is 1.84 bits per heavy atom. The predicted octanol–water partition coefficient (Wildman–Crippen LogP) is 3.96. The Kier molecular flexibility index (Phi) is 31.0. The third kappa shape index (κ3) is 20.4. The number of para-hydroxylation sites is 1. The van der Waals surface area contributed by atoms with Crippen molar-refractivity contribution in [2.75, 3.05) is 39.3 Å². The van der Waals surface area contributed by atoms with Crippen LogP contribution in [0.2, 0.25) is 0 Å². The lowest BCUT2D eigenvalue weighted by molar-refractivity contribution is -0.175. The Morgan fingerprint density at radius 2 is 1.29 bits per heavy atom. The quantitative estimate of drug-likeness (QED) is 0.0375. The molecule has 418 valence electrons. The number of carbonyl (C=O) groups excluding carboxylic acids is 6. The third-order valence-corrected chi connectivity index (χ3v) is 12.5. The third-order valence-electron chi connectivity index (χ3n) is 12.5. The molecule has 3 atom stereocenters. The molecule has 13 N–H and O–H groups in total. The summed E-state index contributed by atoms with van der Waals surface area (Å²) in [6, 6.07) is 9.22. The van der Waals surface area contributed by atoms with Crippen LogP contribution in [0.4, 0.5) is 0 Å². The van der Waals surface area contributed by atoms with Gasteiger partial charge in [0.2, 0.25) is 29.7 Å². The fourth-order valence-corrected chi connectivity index (χ4v) is 8.42. The SMILES string of the molecule is CC.CC.CCCCN.CCCCN.NCCCCC(NC(=O)CNC(=O)C(CCCCN)NC(=O)C1CCC(C(=O)OC2C(=O)OCc3c2cc2n(c3=O)Cc3cc4ccccc4nc3-2)CC1)C(=O)NCC(=O)O. The summed E-state index contributed by atoms with van der Waals surface area (Å²) >= 11 is 0. The summed E-state index contributed by atoms with van der Waals surface area (Å²) in [7, 11) is 0. The number of carboxylic acids is 1. The number of rotatable bonds is 23. The molecule has 2 aliphatic heterocycles. The molecule has 1 aromatic carbocycles. The largest absolute Gasteiger partial charge is 0.480 e.